The molecule has 2 saturated heterocycles. The average molecular weight is 406 g/mol. The van der Waals surface area contributed by atoms with Crippen LogP contribution in [0.1, 0.15) is 30.4 Å². The number of pyridine rings is 1. The maximum absolute atomic E-state index is 13.0. The fourth-order valence-electron chi connectivity index (χ4n) is 5.20. The first-order valence-electron chi connectivity index (χ1n) is 11.3. The Hall–Kier alpha value is -2.76. The Labute approximate surface area is 178 Å². The van der Waals surface area contributed by atoms with Crippen molar-refractivity contribution in [2.24, 2.45) is 5.92 Å². The molecule has 5 rings (SSSR count). The van der Waals surface area contributed by atoms with Crippen LogP contribution in [0.15, 0.2) is 36.5 Å². The van der Waals surface area contributed by atoms with Crippen LogP contribution in [-0.2, 0) is 11.2 Å². The van der Waals surface area contributed by atoms with Crippen molar-refractivity contribution < 1.29 is 4.79 Å². The van der Waals surface area contributed by atoms with Crippen LogP contribution in [0.25, 0.3) is 0 Å². The van der Waals surface area contributed by atoms with Crippen LogP contribution in [0.2, 0.25) is 0 Å². The number of fused-ring (bicyclic) bond motifs is 2. The van der Waals surface area contributed by atoms with Gasteiger partial charge in [0.05, 0.1) is 17.4 Å². The van der Waals surface area contributed by atoms with Gasteiger partial charge in [-0.15, -0.1) is 0 Å². The number of amides is 1. The highest BCUT2D eigenvalue weighted by Crippen LogP contribution is 2.34. The molecule has 0 radical (unpaired) electrons. The minimum absolute atomic E-state index is 0.173. The van der Waals surface area contributed by atoms with Crippen molar-refractivity contribution in [2.45, 2.75) is 38.6 Å². The van der Waals surface area contributed by atoms with Gasteiger partial charge in [0.15, 0.2) is 0 Å². The minimum Gasteiger partial charge on any atom is -0.382 e. The van der Waals surface area contributed by atoms with Gasteiger partial charge >= 0.3 is 0 Å². The Balaban J connectivity index is 1.18. The molecule has 158 valence electrons. The number of anilines is 3. The molecular weight excluding hydrogens is 374 g/mol. The SMILES string of the molecule is Cc1ccc(N2CCN3C(=O)[C@@H](CCCc4cccc5c4NCCN5)C[C@H]3C2)nc1. The van der Waals surface area contributed by atoms with Gasteiger partial charge in [-0.05, 0) is 55.9 Å². The summed E-state index contributed by atoms with van der Waals surface area (Å²) in [5.74, 6) is 1.57. The molecule has 2 fully saturated rings. The Morgan fingerprint density at radius 3 is 2.90 bits per heavy atom. The van der Waals surface area contributed by atoms with Crippen LogP contribution in [0.4, 0.5) is 17.2 Å². The van der Waals surface area contributed by atoms with Gasteiger partial charge in [-0.25, -0.2) is 4.98 Å². The standard InChI is InChI=1S/C24H31N5O/c1-17-8-9-22(27-15-17)28-12-13-29-20(16-28)14-19(24(29)30)6-2-4-18-5-3-7-21-23(18)26-11-10-25-21/h3,5,7-9,15,19-20,25-26H,2,4,6,10-14,16H2,1H3/t19-,20-/m0/s1. The number of nitrogens with zero attached hydrogens (tertiary/aromatic N) is 3. The zero-order valence-electron chi connectivity index (χ0n) is 17.7. The number of piperazine rings is 1. The maximum atomic E-state index is 13.0. The summed E-state index contributed by atoms with van der Waals surface area (Å²) in [5, 5.41) is 7.00. The lowest BCUT2D eigenvalue weighted by Crippen LogP contribution is -2.51. The van der Waals surface area contributed by atoms with Crippen molar-refractivity contribution in [1.82, 2.24) is 9.88 Å². The van der Waals surface area contributed by atoms with Gasteiger partial charge in [-0.2, -0.15) is 0 Å². The van der Waals surface area contributed by atoms with E-state index in [-0.39, 0.29) is 5.92 Å². The normalized spacial score (nSPS) is 22.9. The lowest BCUT2D eigenvalue weighted by molar-refractivity contribution is -0.132. The van der Waals surface area contributed by atoms with Gasteiger partial charge in [0, 0.05) is 44.8 Å². The molecule has 2 aromatic rings. The van der Waals surface area contributed by atoms with Crippen molar-refractivity contribution >= 4 is 23.1 Å². The molecule has 3 aliphatic rings. The smallest absolute Gasteiger partial charge is 0.226 e. The molecule has 1 aromatic carbocycles. The van der Waals surface area contributed by atoms with E-state index in [1.165, 1.54) is 22.5 Å². The topological polar surface area (TPSA) is 60.5 Å². The Morgan fingerprint density at radius 2 is 2.03 bits per heavy atom. The zero-order chi connectivity index (χ0) is 20.5. The van der Waals surface area contributed by atoms with E-state index in [9.17, 15) is 4.79 Å². The van der Waals surface area contributed by atoms with Gasteiger partial charge in [0.2, 0.25) is 5.91 Å². The van der Waals surface area contributed by atoms with E-state index in [0.717, 1.165) is 64.2 Å². The molecule has 1 amide bonds. The summed E-state index contributed by atoms with van der Waals surface area (Å²) in [6.07, 6.45) is 5.96. The summed E-state index contributed by atoms with van der Waals surface area (Å²) < 4.78 is 0. The summed E-state index contributed by atoms with van der Waals surface area (Å²) in [6.45, 7) is 6.59. The molecule has 6 nitrogen and oxygen atoms in total. The molecule has 2 atom stereocenters. The second-order valence-corrected chi connectivity index (χ2v) is 8.84. The fraction of sp³-hybridized carbons (Fsp3) is 0.500. The summed E-state index contributed by atoms with van der Waals surface area (Å²) in [5.41, 5.74) is 5.00. The summed E-state index contributed by atoms with van der Waals surface area (Å²) in [4.78, 5) is 22.0. The summed E-state index contributed by atoms with van der Waals surface area (Å²) in [6, 6.07) is 11.0. The number of carbonyl (C=O) groups excluding carboxylic acids is 1. The van der Waals surface area contributed by atoms with Gasteiger partial charge in [0.1, 0.15) is 5.82 Å². The van der Waals surface area contributed by atoms with E-state index in [4.69, 9.17) is 0 Å². The lowest BCUT2D eigenvalue weighted by Gasteiger charge is -2.38. The first-order valence-corrected chi connectivity index (χ1v) is 11.3. The van der Waals surface area contributed by atoms with E-state index in [1.807, 2.05) is 6.20 Å². The predicted molar refractivity (Wildman–Crippen MR) is 121 cm³/mol. The number of para-hydroxylation sites is 1. The molecular formula is C24H31N5O. The number of hydrogen-bond acceptors (Lipinski definition) is 5. The van der Waals surface area contributed by atoms with E-state index in [0.29, 0.717) is 11.9 Å². The zero-order valence-corrected chi connectivity index (χ0v) is 17.7. The van der Waals surface area contributed by atoms with Gasteiger partial charge in [-0.1, -0.05) is 18.2 Å². The van der Waals surface area contributed by atoms with Crippen molar-refractivity contribution in [3.05, 3.63) is 47.7 Å². The first kappa shape index (κ1) is 19.2. The molecule has 3 aliphatic heterocycles. The molecule has 0 saturated carbocycles. The minimum atomic E-state index is 0.173. The van der Waals surface area contributed by atoms with E-state index in [1.54, 1.807) is 0 Å². The first-order chi connectivity index (χ1) is 14.7. The molecule has 0 unspecified atom stereocenters. The number of aryl methyl sites for hydroxylation is 2. The monoisotopic (exact) mass is 405 g/mol. The van der Waals surface area contributed by atoms with Crippen LogP contribution >= 0.6 is 0 Å². The molecule has 1 aromatic heterocycles. The van der Waals surface area contributed by atoms with E-state index in [2.05, 4.69) is 62.7 Å². The summed E-state index contributed by atoms with van der Waals surface area (Å²) in [7, 11) is 0. The van der Waals surface area contributed by atoms with Crippen LogP contribution < -0.4 is 15.5 Å². The second kappa shape index (κ2) is 8.17. The molecule has 2 N–H and O–H groups in total. The third kappa shape index (κ3) is 3.71. The van der Waals surface area contributed by atoms with Crippen LogP contribution in [0, 0.1) is 12.8 Å². The Morgan fingerprint density at radius 1 is 1.13 bits per heavy atom. The molecule has 6 heteroatoms. The maximum Gasteiger partial charge on any atom is 0.226 e. The number of carbonyl (C=O) groups is 1. The number of aromatic nitrogens is 1. The van der Waals surface area contributed by atoms with Crippen molar-refractivity contribution in [1.29, 1.82) is 0 Å². The van der Waals surface area contributed by atoms with Crippen LogP contribution in [0.3, 0.4) is 0 Å². The second-order valence-electron chi connectivity index (χ2n) is 8.84. The van der Waals surface area contributed by atoms with Gasteiger partial charge < -0.3 is 20.4 Å². The lowest BCUT2D eigenvalue weighted by atomic mass is 9.95. The van der Waals surface area contributed by atoms with Gasteiger partial charge in [-0.3, -0.25) is 4.79 Å². The highest BCUT2D eigenvalue weighted by molar-refractivity contribution is 5.82. The molecule has 30 heavy (non-hydrogen) atoms. The Kier molecular flexibility index (Phi) is 5.23. The van der Waals surface area contributed by atoms with Crippen molar-refractivity contribution in [2.75, 3.05) is 48.3 Å². The number of hydrogen-bond donors (Lipinski definition) is 2. The van der Waals surface area contributed by atoms with Gasteiger partial charge in [0.25, 0.3) is 0 Å². The largest absolute Gasteiger partial charge is 0.382 e. The van der Waals surface area contributed by atoms with Crippen molar-refractivity contribution in [3.63, 3.8) is 0 Å². The number of benzene rings is 1. The number of nitrogens with one attached hydrogen (secondary N) is 2. The third-order valence-electron chi connectivity index (χ3n) is 6.78. The van der Waals surface area contributed by atoms with Crippen LogP contribution in [0.5, 0.6) is 0 Å². The highest BCUT2D eigenvalue weighted by atomic mass is 16.2. The molecule has 4 heterocycles. The number of rotatable bonds is 5. The molecule has 0 aliphatic carbocycles. The van der Waals surface area contributed by atoms with Crippen LogP contribution in [-0.4, -0.2) is 54.6 Å². The quantitative estimate of drug-likeness (QED) is 0.799. The summed E-state index contributed by atoms with van der Waals surface area (Å²) >= 11 is 0. The Bertz CT molecular complexity index is 912. The van der Waals surface area contributed by atoms with E-state index >= 15 is 0 Å². The molecule has 0 bridgehead atoms. The van der Waals surface area contributed by atoms with Crippen molar-refractivity contribution in [3.8, 4) is 0 Å². The highest BCUT2D eigenvalue weighted by Gasteiger charge is 2.42. The average Bonchev–Trinajstić information content (AvgIpc) is 3.09. The predicted octanol–water partition coefficient (Wildman–Crippen LogP) is 3.29. The fourth-order valence-corrected chi connectivity index (χ4v) is 5.20. The van der Waals surface area contributed by atoms with E-state index < -0.39 is 0 Å². The molecule has 0 spiro atoms. The third-order valence-corrected chi connectivity index (χ3v) is 6.78.